The number of rotatable bonds is 4. The van der Waals surface area contributed by atoms with Gasteiger partial charge in [0.25, 0.3) is 11.5 Å². The minimum absolute atomic E-state index is 0.0204. The van der Waals surface area contributed by atoms with Gasteiger partial charge in [0.2, 0.25) is 0 Å². The van der Waals surface area contributed by atoms with E-state index in [1.807, 2.05) is 76.2 Å². The first-order valence-electron chi connectivity index (χ1n) is 12.3. The maximum atomic E-state index is 13.4. The lowest BCUT2D eigenvalue weighted by Gasteiger charge is -2.43. The number of nitriles is 1. The monoisotopic (exact) mass is 474 g/mol. The molecule has 6 nitrogen and oxygen atoms in total. The van der Waals surface area contributed by atoms with Crippen LogP contribution in [-0.4, -0.2) is 28.5 Å². The highest BCUT2D eigenvalue weighted by molar-refractivity contribution is 5.98. The second-order valence-electron chi connectivity index (χ2n) is 9.82. The Bertz CT molecular complexity index is 1580. The average molecular weight is 475 g/mol. The number of nitrogens with zero attached hydrogens (tertiary/aromatic N) is 3. The number of fused-ring (bicyclic) bond motifs is 5. The average Bonchev–Trinajstić information content (AvgIpc) is 2.92. The molecule has 0 aliphatic carbocycles. The van der Waals surface area contributed by atoms with Crippen molar-refractivity contribution in [3.63, 3.8) is 0 Å². The van der Waals surface area contributed by atoms with Gasteiger partial charge in [-0.25, -0.2) is 0 Å². The summed E-state index contributed by atoms with van der Waals surface area (Å²) in [4.78, 5) is 28.7. The molecule has 6 rings (SSSR count). The summed E-state index contributed by atoms with van der Waals surface area (Å²) in [6.07, 6.45) is 0.995. The molecule has 6 heteroatoms. The number of carbonyl (C=O) groups is 1. The Morgan fingerprint density at radius 2 is 1.81 bits per heavy atom. The SMILES string of the molecule is N#Cc1cccc(CNc2ccc3n(c2=O)C[C@H]2C[C@@H]3CN(C(=O)c3ccc4ccccc4c3)C2)c1. The molecule has 1 fully saturated rings. The van der Waals surface area contributed by atoms with Gasteiger partial charge in [0, 0.05) is 43.4 Å². The van der Waals surface area contributed by atoms with E-state index in [1.54, 1.807) is 6.07 Å². The predicted octanol–water partition coefficient (Wildman–Crippen LogP) is 4.74. The van der Waals surface area contributed by atoms with E-state index in [9.17, 15) is 9.59 Å². The summed E-state index contributed by atoms with van der Waals surface area (Å²) >= 11 is 0. The Morgan fingerprint density at radius 1 is 0.944 bits per heavy atom. The predicted molar refractivity (Wildman–Crippen MR) is 140 cm³/mol. The first-order chi connectivity index (χ1) is 17.6. The van der Waals surface area contributed by atoms with Gasteiger partial charge in [-0.1, -0.05) is 42.5 Å². The number of likely N-dealkylation sites (tertiary alicyclic amines) is 1. The Morgan fingerprint density at radius 3 is 2.67 bits per heavy atom. The van der Waals surface area contributed by atoms with Crippen molar-refractivity contribution < 1.29 is 4.79 Å². The van der Waals surface area contributed by atoms with Crippen molar-refractivity contribution in [2.75, 3.05) is 18.4 Å². The molecule has 0 unspecified atom stereocenters. The number of hydrogen-bond donors (Lipinski definition) is 1. The molecule has 2 aliphatic rings. The minimum Gasteiger partial charge on any atom is -0.377 e. The van der Waals surface area contributed by atoms with Crippen LogP contribution in [0.2, 0.25) is 0 Å². The van der Waals surface area contributed by atoms with Crippen LogP contribution in [0.25, 0.3) is 10.8 Å². The molecule has 3 aromatic carbocycles. The number of hydrogen-bond acceptors (Lipinski definition) is 4. The topological polar surface area (TPSA) is 78.1 Å². The zero-order chi connectivity index (χ0) is 24.6. The van der Waals surface area contributed by atoms with Gasteiger partial charge in [0.1, 0.15) is 5.69 Å². The van der Waals surface area contributed by atoms with Crippen molar-refractivity contribution in [1.29, 1.82) is 5.26 Å². The fraction of sp³-hybridized carbons (Fsp3) is 0.233. The van der Waals surface area contributed by atoms with Crippen LogP contribution in [0, 0.1) is 17.2 Å². The van der Waals surface area contributed by atoms with Crippen LogP contribution in [-0.2, 0) is 13.1 Å². The molecule has 1 saturated heterocycles. The molecule has 0 spiro atoms. The zero-order valence-electron chi connectivity index (χ0n) is 19.9. The van der Waals surface area contributed by atoms with E-state index in [0.717, 1.165) is 28.5 Å². The number of aromatic nitrogens is 1. The van der Waals surface area contributed by atoms with E-state index in [-0.39, 0.29) is 23.3 Å². The fourth-order valence-corrected chi connectivity index (χ4v) is 5.70. The summed E-state index contributed by atoms with van der Waals surface area (Å²) in [6, 6.07) is 27.4. The second kappa shape index (κ2) is 9.01. The van der Waals surface area contributed by atoms with E-state index < -0.39 is 0 Å². The molecule has 2 aliphatic heterocycles. The first-order valence-corrected chi connectivity index (χ1v) is 12.3. The van der Waals surface area contributed by atoms with Gasteiger partial charge in [-0.05, 0) is 65.1 Å². The molecular weight excluding hydrogens is 448 g/mol. The summed E-state index contributed by atoms with van der Waals surface area (Å²) in [5.41, 5.74) is 3.82. The highest BCUT2D eigenvalue weighted by atomic mass is 16.2. The Labute approximate surface area is 209 Å². The highest BCUT2D eigenvalue weighted by Gasteiger charge is 2.37. The molecule has 2 bridgehead atoms. The van der Waals surface area contributed by atoms with Gasteiger partial charge < -0.3 is 14.8 Å². The van der Waals surface area contributed by atoms with Crippen molar-refractivity contribution in [2.45, 2.75) is 25.4 Å². The van der Waals surface area contributed by atoms with Gasteiger partial charge in [-0.15, -0.1) is 0 Å². The van der Waals surface area contributed by atoms with Gasteiger partial charge in [-0.2, -0.15) is 5.26 Å². The molecule has 0 saturated carbocycles. The van der Waals surface area contributed by atoms with Crippen LogP contribution in [0.1, 0.15) is 39.5 Å². The van der Waals surface area contributed by atoms with Gasteiger partial charge in [0.15, 0.2) is 0 Å². The molecule has 4 aromatic rings. The number of pyridine rings is 1. The summed E-state index contributed by atoms with van der Waals surface area (Å²) in [5.74, 6) is 0.459. The molecular formula is C30H26N4O2. The highest BCUT2D eigenvalue weighted by Crippen LogP contribution is 2.36. The number of anilines is 1. The molecule has 36 heavy (non-hydrogen) atoms. The summed E-state index contributed by atoms with van der Waals surface area (Å²) in [5, 5.41) is 14.6. The third kappa shape index (κ3) is 4.03. The zero-order valence-corrected chi connectivity index (χ0v) is 19.9. The Hall–Kier alpha value is -4.37. The first kappa shape index (κ1) is 22.1. The number of carbonyl (C=O) groups excluding carboxylic acids is 1. The molecule has 2 atom stereocenters. The molecule has 1 N–H and O–H groups in total. The van der Waals surface area contributed by atoms with Crippen molar-refractivity contribution in [3.8, 4) is 6.07 Å². The van der Waals surface area contributed by atoms with E-state index in [1.165, 1.54) is 0 Å². The quantitative estimate of drug-likeness (QED) is 0.463. The summed E-state index contributed by atoms with van der Waals surface area (Å²) < 4.78 is 1.89. The lowest BCUT2D eigenvalue weighted by Crippen LogP contribution is -2.49. The number of amides is 1. The second-order valence-corrected chi connectivity index (χ2v) is 9.82. The van der Waals surface area contributed by atoms with Gasteiger partial charge >= 0.3 is 0 Å². The van der Waals surface area contributed by atoms with E-state index in [2.05, 4.69) is 17.5 Å². The van der Waals surface area contributed by atoms with E-state index in [4.69, 9.17) is 5.26 Å². The standard InChI is InChI=1S/C30H26N4O2/c31-15-20-4-3-5-21(12-20)16-32-27-10-11-28-26-13-22(18-34(28)30(27)36)17-33(19-26)29(35)25-9-8-23-6-1-2-7-24(23)14-25/h1-12,14,22,26,32H,13,16-19H2/t22-,26+/m0/s1. The van der Waals surface area contributed by atoms with Crippen LogP contribution in [0.4, 0.5) is 5.69 Å². The fourth-order valence-electron chi connectivity index (χ4n) is 5.70. The van der Waals surface area contributed by atoms with Crippen molar-refractivity contribution >= 4 is 22.4 Å². The van der Waals surface area contributed by atoms with Gasteiger partial charge in [-0.3, -0.25) is 9.59 Å². The van der Waals surface area contributed by atoms with Crippen LogP contribution in [0.5, 0.6) is 0 Å². The smallest absolute Gasteiger partial charge is 0.274 e. The van der Waals surface area contributed by atoms with Crippen molar-refractivity contribution in [3.05, 3.63) is 112 Å². The lowest BCUT2D eigenvalue weighted by molar-refractivity contribution is 0.0595. The number of piperidine rings is 1. The van der Waals surface area contributed by atoms with E-state index in [0.29, 0.717) is 43.0 Å². The van der Waals surface area contributed by atoms with Crippen molar-refractivity contribution in [2.24, 2.45) is 5.92 Å². The molecule has 1 aromatic heterocycles. The molecule has 1 amide bonds. The largest absolute Gasteiger partial charge is 0.377 e. The van der Waals surface area contributed by atoms with Crippen LogP contribution in [0.3, 0.4) is 0 Å². The lowest BCUT2D eigenvalue weighted by atomic mass is 9.83. The summed E-state index contributed by atoms with van der Waals surface area (Å²) in [7, 11) is 0. The summed E-state index contributed by atoms with van der Waals surface area (Å²) in [6.45, 7) is 2.37. The minimum atomic E-state index is -0.0204. The van der Waals surface area contributed by atoms with E-state index >= 15 is 0 Å². The normalized spacial score (nSPS) is 18.4. The van der Waals surface area contributed by atoms with Crippen molar-refractivity contribution in [1.82, 2.24) is 9.47 Å². The molecule has 178 valence electrons. The third-order valence-corrected chi connectivity index (χ3v) is 7.43. The van der Waals surface area contributed by atoms with Crippen LogP contribution >= 0.6 is 0 Å². The molecule has 3 heterocycles. The maximum Gasteiger partial charge on any atom is 0.274 e. The Kier molecular flexibility index (Phi) is 5.54. The Balaban J connectivity index is 1.21. The van der Waals surface area contributed by atoms with Gasteiger partial charge in [0.05, 0.1) is 11.6 Å². The maximum absolute atomic E-state index is 13.4. The third-order valence-electron chi connectivity index (χ3n) is 7.43. The molecule has 0 radical (unpaired) electrons. The van der Waals surface area contributed by atoms with Crippen LogP contribution in [0.15, 0.2) is 83.7 Å². The number of benzene rings is 3. The van der Waals surface area contributed by atoms with Crippen LogP contribution < -0.4 is 10.9 Å². The number of nitrogens with one attached hydrogen (secondary N) is 1.